The number of carboxylic acids is 1. The SMILES string of the molecule is Cc1ccccc1NC(=O)c1cccc(C=CC(=O)O)c1. The number of para-hydroxylation sites is 1. The second-order valence-electron chi connectivity index (χ2n) is 4.57. The second-order valence-corrected chi connectivity index (χ2v) is 4.57. The highest BCUT2D eigenvalue weighted by molar-refractivity contribution is 6.05. The Morgan fingerprint density at radius 2 is 1.86 bits per heavy atom. The van der Waals surface area contributed by atoms with Gasteiger partial charge in [0, 0.05) is 17.3 Å². The second kappa shape index (κ2) is 6.52. The van der Waals surface area contributed by atoms with Crippen molar-refractivity contribution in [3.8, 4) is 0 Å². The molecule has 0 unspecified atom stereocenters. The Bertz CT molecular complexity index is 705. The maximum atomic E-state index is 12.2. The number of hydrogen-bond donors (Lipinski definition) is 2. The summed E-state index contributed by atoms with van der Waals surface area (Å²) >= 11 is 0. The molecule has 21 heavy (non-hydrogen) atoms. The average molecular weight is 281 g/mol. The van der Waals surface area contributed by atoms with Crippen molar-refractivity contribution in [2.45, 2.75) is 6.92 Å². The number of aryl methyl sites for hydroxylation is 1. The highest BCUT2D eigenvalue weighted by atomic mass is 16.4. The van der Waals surface area contributed by atoms with Crippen LogP contribution >= 0.6 is 0 Å². The van der Waals surface area contributed by atoms with Gasteiger partial charge in [0.1, 0.15) is 0 Å². The normalized spacial score (nSPS) is 10.5. The summed E-state index contributed by atoms with van der Waals surface area (Å²) in [4.78, 5) is 22.7. The van der Waals surface area contributed by atoms with Crippen LogP contribution < -0.4 is 5.32 Å². The van der Waals surface area contributed by atoms with Gasteiger partial charge in [-0.2, -0.15) is 0 Å². The van der Waals surface area contributed by atoms with Crippen LogP contribution in [0.1, 0.15) is 21.5 Å². The number of amides is 1. The maximum absolute atomic E-state index is 12.2. The fraction of sp³-hybridized carbons (Fsp3) is 0.0588. The van der Waals surface area contributed by atoms with Crippen LogP contribution in [0.2, 0.25) is 0 Å². The van der Waals surface area contributed by atoms with Gasteiger partial charge in [0.25, 0.3) is 5.91 Å². The van der Waals surface area contributed by atoms with E-state index in [1.807, 2.05) is 31.2 Å². The number of benzene rings is 2. The monoisotopic (exact) mass is 281 g/mol. The molecule has 4 heteroatoms. The molecule has 2 aromatic carbocycles. The number of carbonyl (C=O) groups is 2. The van der Waals surface area contributed by atoms with Crippen molar-refractivity contribution in [3.63, 3.8) is 0 Å². The number of nitrogens with one attached hydrogen (secondary N) is 1. The first-order valence-electron chi connectivity index (χ1n) is 6.44. The van der Waals surface area contributed by atoms with E-state index < -0.39 is 5.97 Å². The van der Waals surface area contributed by atoms with Gasteiger partial charge in [0.05, 0.1) is 0 Å². The standard InChI is InChI=1S/C17H15NO3/c1-12-5-2-3-8-15(12)18-17(21)14-7-4-6-13(11-14)9-10-16(19)20/h2-11H,1H3,(H,18,21)(H,19,20). The van der Waals surface area contributed by atoms with Crippen LogP contribution in [-0.4, -0.2) is 17.0 Å². The number of aliphatic carboxylic acids is 1. The number of carbonyl (C=O) groups excluding carboxylic acids is 1. The molecule has 0 aliphatic heterocycles. The molecule has 0 bridgehead atoms. The lowest BCUT2D eigenvalue weighted by molar-refractivity contribution is -0.131. The van der Waals surface area contributed by atoms with E-state index in [1.54, 1.807) is 24.3 Å². The first kappa shape index (κ1) is 14.5. The van der Waals surface area contributed by atoms with Crippen LogP contribution in [0.25, 0.3) is 6.08 Å². The predicted molar refractivity (Wildman–Crippen MR) is 82.2 cm³/mol. The fourth-order valence-electron chi connectivity index (χ4n) is 1.86. The number of hydrogen-bond acceptors (Lipinski definition) is 2. The summed E-state index contributed by atoms with van der Waals surface area (Å²) in [5, 5.41) is 11.5. The van der Waals surface area contributed by atoms with Gasteiger partial charge in [0.2, 0.25) is 0 Å². The number of anilines is 1. The summed E-state index contributed by atoms with van der Waals surface area (Å²) < 4.78 is 0. The van der Waals surface area contributed by atoms with Crippen LogP contribution in [0.5, 0.6) is 0 Å². The molecule has 2 aromatic rings. The zero-order valence-corrected chi connectivity index (χ0v) is 11.5. The van der Waals surface area contributed by atoms with Crippen molar-refractivity contribution in [2.24, 2.45) is 0 Å². The Balaban J connectivity index is 2.18. The van der Waals surface area contributed by atoms with Gasteiger partial charge < -0.3 is 10.4 Å². The topological polar surface area (TPSA) is 66.4 Å². The summed E-state index contributed by atoms with van der Waals surface area (Å²) in [5.41, 5.74) is 2.88. The molecule has 0 atom stereocenters. The minimum atomic E-state index is -1.02. The van der Waals surface area contributed by atoms with Crippen LogP contribution in [0, 0.1) is 6.92 Å². The summed E-state index contributed by atoms with van der Waals surface area (Å²) in [7, 11) is 0. The van der Waals surface area contributed by atoms with Crippen LogP contribution in [0.15, 0.2) is 54.6 Å². The van der Waals surface area contributed by atoms with Crippen LogP contribution in [0.4, 0.5) is 5.69 Å². The first-order valence-corrected chi connectivity index (χ1v) is 6.44. The molecule has 0 heterocycles. The van der Waals surface area contributed by atoms with Gasteiger partial charge >= 0.3 is 5.97 Å². The van der Waals surface area contributed by atoms with Crippen molar-refractivity contribution in [1.82, 2.24) is 0 Å². The molecule has 0 aliphatic carbocycles. The third kappa shape index (κ3) is 4.04. The molecular weight excluding hydrogens is 266 g/mol. The maximum Gasteiger partial charge on any atom is 0.328 e. The molecule has 0 radical (unpaired) electrons. The van der Waals surface area contributed by atoms with Gasteiger partial charge in [-0.1, -0.05) is 30.3 Å². The van der Waals surface area contributed by atoms with Gasteiger partial charge in [-0.05, 0) is 42.3 Å². The molecule has 2 rings (SSSR count). The summed E-state index contributed by atoms with van der Waals surface area (Å²) in [6.07, 6.45) is 2.49. The quantitative estimate of drug-likeness (QED) is 0.845. The first-order chi connectivity index (χ1) is 10.1. The molecule has 0 saturated heterocycles. The van der Waals surface area contributed by atoms with E-state index in [-0.39, 0.29) is 5.91 Å². The van der Waals surface area contributed by atoms with E-state index in [0.29, 0.717) is 11.1 Å². The van der Waals surface area contributed by atoms with E-state index in [9.17, 15) is 9.59 Å². The Kier molecular flexibility index (Phi) is 4.51. The molecule has 1 amide bonds. The molecule has 0 saturated carbocycles. The Morgan fingerprint density at radius 3 is 2.57 bits per heavy atom. The molecule has 2 N–H and O–H groups in total. The molecule has 0 fully saturated rings. The van der Waals surface area contributed by atoms with E-state index >= 15 is 0 Å². The Morgan fingerprint density at radius 1 is 1.10 bits per heavy atom. The highest BCUT2D eigenvalue weighted by Crippen LogP contribution is 2.15. The Labute approximate surface area is 122 Å². The van der Waals surface area contributed by atoms with Crippen molar-refractivity contribution in [2.75, 3.05) is 5.32 Å². The van der Waals surface area contributed by atoms with Gasteiger partial charge in [-0.15, -0.1) is 0 Å². The lowest BCUT2D eigenvalue weighted by Crippen LogP contribution is -2.12. The van der Waals surface area contributed by atoms with E-state index in [4.69, 9.17) is 5.11 Å². The van der Waals surface area contributed by atoms with Gasteiger partial charge in [0.15, 0.2) is 0 Å². The van der Waals surface area contributed by atoms with Gasteiger partial charge in [-0.25, -0.2) is 4.79 Å². The van der Waals surface area contributed by atoms with E-state index in [1.165, 1.54) is 6.08 Å². The highest BCUT2D eigenvalue weighted by Gasteiger charge is 2.07. The van der Waals surface area contributed by atoms with Crippen LogP contribution in [-0.2, 0) is 4.79 Å². The van der Waals surface area contributed by atoms with Crippen LogP contribution in [0.3, 0.4) is 0 Å². The number of carboxylic acid groups (broad SMARTS) is 1. The number of rotatable bonds is 4. The van der Waals surface area contributed by atoms with Crippen molar-refractivity contribution >= 4 is 23.6 Å². The fourth-order valence-corrected chi connectivity index (χ4v) is 1.86. The van der Waals surface area contributed by atoms with E-state index in [2.05, 4.69) is 5.32 Å². The van der Waals surface area contributed by atoms with Gasteiger partial charge in [-0.3, -0.25) is 4.79 Å². The lowest BCUT2D eigenvalue weighted by Gasteiger charge is -2.08. The third-order valence-electron chi connectivity index (χ3n) is 2.96. The minimum Gasteiger partial charge on any atom is -0.478 e. The smallest absolute Gasteiger partial charge is 0.328 e. The van der Waals surface area contributed by atoms with Crippen molar-refractivity contribution in [1.29, 1.82) is 0 Å². The summed E-state index contributed by atoms with van der Waals surface area (Å²) in [6, 6.07) is 14.3. The molecule has 0 aliphatic rings. The van der Waals surface area contributed by atoms with Crippen molar-refractivity contribution in [3.05, 3.63) is 71.3 Å². The predicted octanol–water partition coefficient (Wildman–Crippen LogP) is 3.35. The molecule has 106 valence electrons. The molecule has 0 spiro atoms. The molecule has 0 aromatic heterocycles. The largest absolute Gasteiger partial charge is 0.478 e. The third-order valence-corrected chi connectivity index (χ3v) is 2.96. The summed E-state index contributed by atoms with van der Waals surface area (Å²) in [5.74, 6) is -1.25. The molecular formula is C17H15NO3. The zero-order valence-electron chi connectivity index (χ0n) is 11.5. The van der Waals surface area contributed by atoms with E-state index in [0.717, 1.165) is 17.3 Å². The zero-order chi connectivity index (χ0) is 15.2. The Hall–Kier alpha value is -2.88. The average Bonchev–Trinajstić information content (AvgIpc) is 2.48. The molecule has 4 nitrogen and oxygen atoms in total. The van der Waals surface area contributed by atoms with Crippen molar-refractivity contribution < 1.29 is 14.7 Å². The minimum absolute atomic E-state index is 0.227. The lowest BCUT2D eigenvalue weighted by atomic mass is 10.1. The summed E-state index contributed by atoms with van der Waals surface area (Å²) in [6.45, 7) is 1.92.